The minimum Gasteiger partial charge on any atom is -0.453 e. The van der Waals surface area contributed by atoms with E-state index in [-0.39, 0.29) is 18.0 Å². The zero-order valence-electron chi connectivity index (χ0n) is 17.3. The van der Waals surface area contributed by atoms with Crippen molar-refractivity contribution in [3.05, 3.63) is 49.3 Å². The van der Waals surface area contributed by atoms with Gasteiger partial charge in [0.25, 0.3) is 5.56 Å². The molecule has 0 aliphatic carbocycles. The second-order valence-electron chi connectivity index (χ2n) is 6.54. The number of anilines is 1. The number of H-pyrrole nitrogens is 1. The first-order valence-electron chi connectivity index (χ1n) is 9.29. The van der Waals surface area contributed by atoms with Gasteiger partial charge >= 0.3 is 12.1 Å². The number of hydrazone groups is 1. The molecule has 1 amide bonds. The molecule has 1 aromatic heterocycles. The number of benzene rings is 1. The summed E-state index contributed by atoms with van der Waals surface area (Å²) < 4.78 is 11.4. The van der Waals surface area contributed by atoms with Crippen LogP contribution in [0, 0.1) is 11.3 Å². The fourth-order valence-electron chi connectivity index (χ4n) is 2.36. The summed E-state index contributed by atoms with van der Waals surface area (Å²) in [6.45, 7) is 5.72. The molecular weight excluding hydrogens is 550 g/mol. The van der Waals surface area contributed by atoms with Crippen molar-refractivity contribution in [3.8, 4) is 17.6 Å². The van der Waals surface area contributed by atoms with E-state index in [1.807, 2.05) is 13.8 Å². The second-order valence-corrected chi connectivity index (χ2v) is 8.25. The lowest BCUT2D eigenvalue weighted by molar-refractivity contribution is -0.129. The number of rotatable bonds is 7. The average Bonchev–Trinajstić information content (AvgIpc) is 2.72. The first-order chi connectivity index (χ1) is 15.2. The van der Waals surface area contributed by atoms with Gasteiger partial charge in [-0.1, -0.05) is 13.8 Å². The van der Waals surface area contributed by atoms with Crippen LogP contribution in [0.15, 0.2) is 43.2 Å². The maximum absolute atomic E-state index is 11.9. The van der Waals surface area contributed by atoms with Gasteiger partial charge in [-0.05, 0) is 62.9 Å². The summed E-state index contributed by atoms with van der Waals surface area (Å²) in [5.41, 5.74) is 2.73. The third kappa shape index (κ3) is 6.66. The van der Waals surface area contributed by atoms with Crippen molar-refractivity contribution in [2.75, 3.05) is 12.0 Å². The van der Waals surface area contributed by atoms with E-state index in [2.05, 4.69) is 57.4 Å². The number of carbonyl (C=O) groups excluding carboxylic acids is 2. The lowest BCUT2D eigenvalue weighted by atomic mass is 10.1. The number of aromatic amines is 1. The van der Waals surface area contributed by atoms with E-state index in [9.17, 15) is 14.4 Å². The molecule has 12 heteroatoms. The Morgan fingerprint density at radius 2 is 1.91 bits per heavy atom. The highest BCUT2D eigenvalue weighted by molar-refractivity contribution is 9.11. The van der Waals surface area contributed by atoms with Gasteiger partial charge in [-0.15, -0.1) is 0 Å². The predicted molar refractivity (Wildman–Crippen MR) is 125 cm³/mol. The molecule has 0 atom stereocenters. The summed E-state index contributed by atoms with van der Waals surface area (Å²) in [4.78, 5) is 37.7. The SMILES string of the molecule is CCNC(=O)OC(=O)/C(C#N)=N\Nc1cc(Br)c(Oc2c[nH]c(=O)c(C(C)C)c2)c(Br)c1. The largest absolute Gasteiger partial charge is 0.453 e. The summed E-state index contributed by atoms with van der Waals surface area (Å²) in [5.74, 6) is -0.304. The minimum atomic E-state index is -1.19. The van der Waals surface area contributed by atoms with Gasteiger partial charge in [0, 0.05) is 18.3 Å². The first-order valence-corrected chi connectivity index (χ1v) is 10.9. The summed E-state index contributed by atoms with van der Waals surface area (Å²) in [6.07, 6.45) is 0.485. The molecule has 2 rings (SSSR count). The fraction of sp³-hybridized carbons (Fsp3) is 0.250. The quantitative estimate of drug-likeness (QED) is 0.194. The molecule has 10 nitrogen and oxygen atoms in total. The van der Waals surface area contributed by atoms with Crippen LogP contribution in [0.25, 0.3) is 0 Å². The van der Waals surface area contributed by atoms with Crippen molar-refractivity contribution < 1.29 is 19.1 Å². The number of alkyl carbamates (subject to hydrolysis) is 1. The fourth-order valence-corrected chi connectivity index (χ4v) is 3.71. The van der Waals surface area contributed by atoms with Gasteiger partial charge in [0.05, 0.1) is 14.6 Å². The summed E-state index contributed by atoms with van der Waals surface area (Å²) in [7, 11) is 0. The number of pyridine rings is 1. The molecule has 3 N–H and O–H groups in total. The van der Waals surface area contributed by atoms with Crippen molar-refractivity contribution in [3.63, 3.8) is 0 Å². The molecule has 32 heavy (non-hydrogen) atoms. The Morgan fingerprint density at radius 3 is 2.47 bits per heavy atom. The molecule has 0 spiro atoms. The van der Waals surface area contributed by atoms with Crippen molar-refractivity contribution in [1.82, 2.24) is 10.3 Å². The van der Waals surface area contributed by atoms with Gasteiger partial charge in [0.15, 0.2) is 5.75 Å². The van der Waals surface area contributed by atoms with E-state index in [0.29, 0.717) is 31.7 Å². The normalized spacial score (nSPS) is 11.0. The number of esters is 1. The summed E-state index contributed by atoms with van der Waals surface area (Å²) in [5, 5.41) is 15.1. The molecule has 0 fully saturated rings. The van der Waals surface area contributed by atoms with Crippen molar-refractivity contribution in [2.24, 2.45) is 5.10 Å². The average molecular weight is 569 g/mol. The molecule has 0 saturated carbocycles. The number of hydrogen-bond donors (Lipinski definition) is 3. The van der Waals surface area contributed by atoms with Crippen LogP contribution in [-0.4, -0.2) is 29.3 Å². The highest BCUT2D eigenvalue weighted by Gasteiger charge is 2.18. The lowest BCUT2D eigenvalue weighted by Crippen LogP contribution is -2.29. The van der Waals surface area contributed by atoms with E-state index in [1.165, 1.54) is 6.20 Å². The molecule has 0 bridgehead atoms. The second kappa shape index (κ2) is 11.4. The Kier molecular flexibility index (Phi) is 8.98. The van der Waals surface area contributed by atoms with Crippen LogP contribution in [0.4, 0.5) is 10.5 Å². The van der Waals surface area contributed by atoms with Crippen LogP contribution >= 0.6 is 31.9 Å². The summed E-state index contributed by atoms with van der Waals surface area (Å²) >= 11 is 6.79. The monoisotopic (exact) mass is 567 g/mol. The Balaban J connectivity index is 2.20. The Hall–Kier alpha value is -3.17. The van der Waals surface area contributed by atoms with Gasteiger partial charge in [0.2, 0.25) is 5.71 Å². The molecule has 0 radical (unpaired) electrons. The highest BCUT2D eigenvalue weighted by Crippen LogP contribution is 2.39. The maximum Gasteiger partial charge on any atom is 0.415 e. The number of amides is 1. The smallest absolute Gasteiger partial charge is 0.415 e. The number of carbonyl (C=O) groups is 2. The van der Waals surface area contributed by atoms with E-state index < -0.39 is 17.8 Å². The molecular formula is C20H19Br2N5O5. The maximum atomic E-state index is 11.9. The van der Waals surface area contributed by atoms with Gasteiger partial charge in [-0.25, -0.2) is 9.59 Å². The molecule has 0 aliphatic heterocycles. The first kappa shape index (κ1) is 25.1. The van der Waals surface area contributed by atoms with E-state index in [4.69, 9.17) is 10.00 Å². The van der Waals surface area contributed by atoms with E-state index >= 15 is 0 Å². The van der Waals surface area contributed by atoms with E-state index in [0.717, 1.165) is 0 Å². The van der Waals surface area contributed by atoms with Crippen LogP contribution in [0.3, 0.4) is 0 Å². The van der Waals surface area contributed by atoms with Crippen LogP contribution in [-0.2, 0) is 9.53 Å². The molecule has 1 heterocycles. The molecule has 0 aliphatic rings. The van der Waals surface area contributed by atoms with Gasteiger partial charge in [-0.2, -0.15) is 10.4 Å². The number of ether oxygens (including phenoxy) is 2. The van der Waals surface area contributed by atoms with Crippen molar-refractivity contribution in [1.29, 1.82) is 5.26 Å². The zero-order chi connectivity index (χ0) is 23.8. The zero-order valence-corrected chi connectivity index (χ0v) is 20.5. The Labute approximate surface area is 200 Å². The number of halogens is 2. The third-order valence-electron chi connectivity index (χ3n) is 3.85. The van der Waals surface area contributed by atoms with Crippen molar-refractivity contribution in [2.45, 2.75) is 26.7 Å². The van der Waals surface area contributed by atoms with Gasteiger partial charge in [-0.3, -0.25) is 10.2 Å². The molecule has 0 saturated heterocycles. The number of hydrogen-bond acceptors (Lipinski definition) is 8. The molecule has 1 aromatic carbocycles. The van der Waals surface area contributed by atoms with Crippen LogP contribution in [0.1, 0.15) is 32.3 Å². The van der Waals surface area contributed by atoms with Crippen molar-refractivity contribution >= 4 is 55.3 Å². The Morgan fingerprint density at radius 1 is 1.25 bits per heavy atom. The molecule has 0 unspecified atom stereocenters. The third-order valence-corrected chi connectivity index (χ3v) is 5.03. The Bertz CT molecular complexity index is 1130. The van der Waals surface area contributed by atoms with Gasteiger partial charge in [0.1, 0.15) is 11.8 Å². The van der Waals surface area contributed by atoms with Crippen LogP contribution < -0.4 is 21.0 Å². The van der Waals surface area contributed by atoms with E-state index in [1.54, 1.807) is 31.2 Å². The number of nitrogens with one attached hydrogen (secondary N) is 3. The van der Waals surface area contributed by atoms with Crippen LogP contribution in [0.2, 0.25) is 0 Å². The molecule has 2 aromatic rings. The lowest BCUT2D eigenvalue weighted by Gasteiger charge is -2.13. The summed E-state index contributed by atoms with van der Waals surface area (Å²) in [6, 6.07) is 6.43. The predicted octanol–water partition coefficient (Wildman–Crippen LogP) is 4.38. The number of nitriles is 1. The van der Waals surface area contributed by atoms with Gasteiger partial charge < -0.3 is 19.8 Å². The minimum absolute atomic E-state index is 0.0210. The number of nitrogens with zero attached hydrogens (tertiary/aromatic N) is 2. The number of aromatic nitrogens is 1. The topological polar surface area (TPSA) is 146 Å². The van der Waals surface area contributed by atoms with Crippen LogP contribution in [0.5, 0.6) is 11.5 Å². The molecule has 168 valence electrons. The highest BCUT2D eigenvalue weighted by atomic mass is 79.9. The standard InChI is InChI=1S/C20H19Br2N5O5/c1-4-24-20(30)32-19(29)16(8-23)27-26-11-5-14(21)17(15(22)6-11)31-12-7-13(10(2)3)18(28)25-9-12/h5-7,9-10,26H,4H2,1-3H3,(H,24,30)(H,25,28)/b27-16-.